The number of halogens is 3. The zero-order valence-corrected chi connectivity index (χ0v) is 6.93. The number of rotatable bonds is 1. The number of hydrogen-bond acceptors (Lipinski definition) is 1. The molecule has 1 rings (SSSR count). The average molecular weight is 203 g/mol. The summed E-state index contributed by atoms with van der Waals surface area (Å²) in [6, 6.07) is 2.51. The largest absolute Gasteiger partial charge is 0.478 e. The molecule has 0 saturated carbocycles. The molecule has 1 aromatic rings. The van der Waals surface area contributed by atoms with Gasteiger partial charge in [0.15, 0.2) is 0 Å². The summed E-state index contributed by atoms with van der Waals surface area (Å²) in [5, 5.41) is 8.49. The van der Waals surface area contributed by atoms with Crippen molar-refractivity contribution in [2.75, 3.05) is 0 Å². The molecule has 0 fully saturated rings. The molecule has 2 nitrogen and oxygen atoms in total. The molecule has 0 bridgehead atoms. The summed E-state index contributed by atoms with van der Waals surface area (Å²) in [4.78, 5) is 10.4. The molecule has 0 aliphatic carbocycles. The molecule has 1 N–H and O–H groups in total. The van der Waals surface area contributed by atoms with E-state index < -0.39 is 17.7 Å². The van der Waals surface area contributed by atoms with Crippen LogP contribution < -0.4 is 0 Å². The molecule has 0 amide bonds. The maximum absolute atomic E-state index is 12.2. The van der Waals surface area contributed by atoms with Crippen molar-refractivity contribution in [2.24, 2.45) is 0 Å². The van der Waals surface area contributed by atoms with Gasteiger partial charge in [-0.2, -0.15) is 13.2 Å². The van der Waals surface area contributed by atoms with Crippen molar-refractivity contribution in [3.63, 3.8) is 0 Å². The van der Waals surface area contributed by atoms with Crippen LogP contribution in [0, 0.1) is 6.92 Å². The second-order valence-corrected chi connectivity index (χ2v) is 2.67. The van der Waals surface area contributed by atoms with E-state index in [0.29, 0.717) is 6.07 Å². The van der Waals surface area contributed by atoms with Crippen LogP contribution in [0.1, 0.15) is 21.5 Å². The molecule has 75 valence electrons. The minimum atomic E-state index is -4.49. The Hall–Kier alpha value is -1.52. The molecule has 5 heteroatoms. The van der Waals surface area contributed by atoms with Gasteiger partial charge in [-0.15, -0.1) is 0 Å². The Morgan fingerprint density at radius 3 is 2.29 bits per heavy atom. The Morgan fingerprint density at radius 2 is 1.93 bits per heavy atom. The Kier molecular flexibility index (Phi) is 2.51. The summed E-state index contributed by atoms with van der Waals surface area (Å²) in [7, 11) is 0. The van der Waals surface area contributed by atoms with Gasteiger partial charge in [-0.05, 0) is 30.7 Å². The first-order chi connectivity index (χ1) is 6.32. The topological polar surface area (TPSA) is 37.3 Å². The maximum atomic E-state index is 12.2. The van der Waals surface area contributed by atoms with Crippen LogP contribution in [0.3, 0.4) is 0 Å². The van der Waals surface area contributed by atoms with E-state index in [1.165, 1.54) is 0 Å². The fourth-order valence-corrected chi connectivity index (χ4v) is 1.00. The van der Waals surface area contributed by atoms with Gasteiger partial charge in [0.25, 0.3) is 0 Å². The summed E-state index contributed by atoms with van der Waals surface area (Å²) < 4.78 is 36.6. The second kappa shape index (κ2) is 3.32. The van der Waals surface area contributed by atoms with Crippen LogP contribution in [-0.4, -0.2) is 11.1 Å². The van der Waals surface area contributed by atoms with Crippen LogP contribution in [0.5, 0.6) is 0 Å². The van der Waals surface area contributed by atoms with E-state index >= 15 is 0 Å². The average Bonchev–Trinajstić information content (AvgIpc) is 2.01. The third-order valence-corrected chi connectivity index (χ3v) is 1.66. The highest BCUT2D eigenvalue weighted by Crippen LogP contribution is 2.31. The summed E-state index contributed by atoms with van der Waals surface area (Å²) >= 11 is 0. The van der Waals surface area contributed by atoms with Gasteiger partial charge in [0, 0.05) is 0 Å². The fourth-order valence-electron chi connectivity index (χ4n) is 1.00. The first kappa shape index (κ1) is 10.6. The van der Waals surface area contributed by atoms with Crippen LogP contribution >= 0.6 is 0 Å². The summed E-state index contributed by atoms with van der Waals surface area (Å²) in [6.45, 7) is 3.15. The Labute approximate surface area is 78.0 Å². The van der Waals surface area contributed by atoms with E-state index in [1.54, 1.807) is 0 Å². The lowest BCUT2D eigenvalue weighted by atomic mass is 10.1. The lowest BCUT2D eigenvalue weighted by Crippen LogP contribution is -2.08. The minimum Gasteiger partial charge on any atom is -0.478 e. The Bertz CT molecular complexity index is 369. The van der Waals surface area contributed by atoms with Gasteiger partial charge >= 0.3 is 12.1 Å². The van der Waals surface area contributed by atoms with Gasteiger partial charge in [0.2, 0.25) is 0 Å². The highest BCUT2D eigenvalue weighted by molar-refractivity contribution is 5.88. The molecule has 0 atom stereocenters. The number of carboxylic acid groups (broad SMARTS) is 1. The van der Waals surface area contributed by atoms with Crippen molar-refractivity contribution >= 4 is 5.97 Å². The van der Waals surface area contributed by atoms with Gasteiger partial charge in [-0.3, -0.25) is 0 Å². The lowest BCUT2D eigenvalue weighted by Gasteiger charge is -2.09. The van der Waals surface area contributed by atoms with Crippen molar-refractivity contribution in [3.8, 4) is 0 Å². The van der Waals surface area contributed by atoms with Gasteiger partial charge in [0.1, 0.15) is 0 Å². The third-order valence-electron chi connectivity index (χ3n) is 1.66. The second-order valence-electron chi connectivity index (χ2n) is 2.67. The van der Waals surface area contributed by atoms with E-state index in [2.05, 4.69) is 6.92 Å². The SMILES string of the molecule is [CH2]c1cc(C(=O)O)ccc1C(F)(F)F. The molecule has 0 saturated heterocycles. The van der Waals surface area contributed by atoms with E-state index in [0.717, 1.165) is 12.1 Å². The van der Waals surface area contributed by atoms with Gasteiger partial charge in [-0.25, -0.2) is 4.79 Å². The molecule has 0 aliphatic rings. The van der Waals surface area contributed by atoms with Crippen LogP contribution in [0.4, 0.5) is 13.2 Å². The Balaban J connectivity index is 3.21. The van der Waals surface area contributed by atoms with Crippen LogP contribution in [0.15, 0.2) is 18.2 Å². The van der Waals surface area contributed by atoms with Crippen molar-refractivity contribution in [1.29, 1.82) is 0 Å². The van der Waals surface area contributed by atoms with Gasteiger partial charge < -0.3 is 5.11 Å². The molecule has 1 radical (unpaired) electrons. The standard InChI is InChI=1S/C9H6F3O2/c1-5-4-6(8(13)14)2-3-7(5)9(10,11)12/h2-4H,1H2,(H,13,14). The zero-order chi connectivity index (χ0) is 10.9. The minimum absolute atomic E-state index is 0.206. The van der Waals surface area contributed by atoms with Crippen molar-refractivity contribution < 1.29 is 23.1 Å². The van der Waals surface area contributed by atoms with Crippen molar-refractivity contribution in [1.82, 2.24) is 0 Å². The van der Waals surface area contributed by atoms with E-state index in [1.807, 2.05) is 0 Å². The predicted molar refractivity (Wildman–Crippen MR) is 42.9 cm³/mol. The number of carboxylic acids is 1. The quantitative estimate of drug-likeness (QED) is 0.761. The van der Waals surface area contributed by atoms with E-state index in [-0.39, 0.29) is 11.1 Å². The van der Waals surface area contributed by atoms with E-state index in [9.17, 15) is 18.0 Å². The highest BCUT2D eigenvalue weighted by Gasteiger charge is 2.32. The smallest absolute Gasteiger partial charge is 0.416 e. The van der Waals surface area contributed by atoms with Crippen LogP contribution in [-0.2, 0) is 6.18 Å². The fraction of sp³-hybridized carbons (Fsp3) is 0.111. The van der Waals surface area contributed by atoms with Crippen molar-refractivity contribution in [2.45, 2.75) is 6.18 Å². The Morgan fingerprint density at radius 1 is 1.36 bits per heavy atom. The molecule has 0 spiro atoms. The first-order valence-electron chi connectivity index (χ1n) is 3.59. The molecule has 0 aliphatic heterocycles. The number of alkyl halides is 3. The monoisotopic (exact) mass is 203 g/mol. The normalized spacial score (nSPS) is 11.4. The summed E-state index contributed by atoms with van der Waals surface area (Å²) in [5.41, 5.74) is -1.46. The lowest BCUT2D eigenvalue weighted by molar-refractivity contribution is -0.137. The van der Waals surface area contributed by atoms with Gasteiger partial charge in [0.05, 0.1) is 11.1 Å². The number of aromatic carboxylic acids is 1. The molecule has 0 heterocycles. The van der Waals surface area contributed by atoms with Crippen molar-refractivity contribution in [3.05, 3.63) is 41.8 Å². The van der Waals surface area contributed by atoms with Crippen LogP contribution in [0.2, 0.25) is 0 Å². The molecule has 0 aromatic heterocycles. The highest BCUT2D eigenvalue weighted by atomic mass is 19.4. The number of carbonyl (C=O) groups is 1. The van der Waals surface area contributed by atoms with Gasteiger partial charge in [-0.1, -0.05) is 0 Å². The summed E-state index contributed by atoms with van der Waals surface area (Å²) in [5.74, 6) is -1.27. The number of hydrogen-bond donors (Lipinski definition) is 1. The third kappa shape index (κ3) is 2.04. The first-order valence-corrected chi connectivity index (χ1v) is 3.59. The van der Waals surface area contributed by atoms with Crippen LogP contribution in [0.25, 0.3) is 0 Å². The maximum Gasteiger partial charge on any atom is 0.416 e. The van der Waals surface area contributed by atoms with E-state index in [4.69, 9.17) is 5.11 Å². The molecule has 14 heavy (non-hydrogen) atoms. The molecule has 0 unspecified atom stereocenters. The zero-order valence-electron chi connectivity index (χ0n) is 6.93. The summed E-state index contributed by atoms with van der Waals surface area (Å²) in [6.07, 6.45) is -4.49. The molecular weight excluding hydrogens is 197 g/mol. The molecular formula is C9H6F3O2. The predicted octanol–water partition coefficient (Wildman–Crippen LogP) is 2.59. The number of benzene rings is 1. The molecule has 1 aromatic carbocycles.